The maximum Gasteiger partial charge on any atom is 0.274 e. The summed E-state index contributed by atoms with van der Waals surface area (Å²) >= 11 is 3.39. The summed E-state index contributed by atoms with van der Waals surface area (Å²) in [5.74, 6) is -0.214. The van der Waals surface area contributed by atoms with E-state index >= 15 is 0 Å². The van der Waals surface area contributed by atoms with Crippen LogP contribution in [0.5, 0.6) is 0 Å². The average molecular weight is 449 g/mol. The van der Waals surface area contributed by atoms with Crippen molar-refractivity contribution in [2.75, 3.05) is 0 Å². The molecule has 1 amide bonds. The van der Waals surface area contributed by atoms with E-state index in [1.807, 2.05) is 42.5 Å². The van der Waals surface area contributed by atoms with Crippen molar-refractivity contribution >= 4 is 32.6 Å². The fourth-order valence-electron chi connectivity index (χ4n) is 3.11. The molecule has 0 saturated carbocycles. The lowest BCUT2D eigenvalue weighted by molar-refractivity contribution is 0.0949. The molecule has 29 heavy (non-hydrogen) atoms. The van der Waals surface area contributed by atoms with Gasteiger partial charge in [-0.2, -0.15) is 5.10 Å². The third kappa shape index (κ3) is 4.09. The first-order valence-corrected chi connectivity index (χ1v) is 9.83. The molecule has 1 N–H and O–H groups in total. The lowest BCUT2D eigenvalue weighted by Crippen LogP contribution is -2.29. The molecule has 0 bridgehead atoms. The molecule has 0 atom stereocenters. The Morgan fingerprint density at radius 2 is 1.76 bits per heavy atom. The van der Waals surface area contributed by atoms with Gasteiger partial charge in [-0.25, -0.2) is 4.68 Å². The Hall–Kier alpha value is -3.32. The van der Waals surface area contributed by atoms with Gasteiger partial charge in [-0.1, -0.05) is 36.4 Å². The molecule has 0 radical (unpaired) electrons. The summed E-state index contributed by atoms with van der Waals surface area (Å²) < 4.78 is 2.14. The minimum absolute atomic E-state index is 0.176. The summed E-state index contributed by atoms with van der Waals surface area (Å²) in [6.45, 7) is 0.511. The van der Waals surface area contributed by atoms with Gasteiger partial charge >= 0.3 is 0 Å². The first-order chi connectivity index (χ1) is 14.1. The van der Waals surface area contributed by atoms with Crippen LogP contribution in [-0.4, -0.2) is 20.7 Å². The highest BCUT2D eigenvalue weighted by Gasteiger charge is 2.13. The Kier molecular flexibility index (Phi) is 5.48. The lowest BCUT2D eigenvalue weighted by Gasteiger charge is -2.12. The third-order valence-electron chi connectivity index (χ3n) is 4.53. The van der Waals surface area contributed by atoms with Crippen molar-refractivity contribution in [3.05, 3.63) is 105 Å². The van der Waals surface area contributed by atoms with Crippen molar-refractivity contribution in [2.24, 2.45) is 0 Å². The predicted molar refractivity (Wildman–Crippen MR) is 115 cm³/mol. The van der Waals surface area contributed by atoms with E-state index in [-0.39, 0.29) is 18.0 Å². The van der Waals surface area contributed by atoms with E-state index in [0.717, 1.165) is 15.4 Å². The molecule has 144 valence electrons. The van der Waals surface area contributed by atoms with Gasteiger partial charge < -0.3 is 5.32 Å². The Morgan fingerprint density at radius 3 is 2.52 bits per heavy atom. The minimum Gasteiger partial charge on any atom is -0.346 e. The monoisotopic (exact) mass is 448 g/mol. The molecule has 4 rings (SSSR count). The second-order valence-electron chi connectivity index (χ2n) is 6.48. The number of hydrogen-bond acceptors (Lipinski definition) is 4. The van der Waals surface area contributed by atoms with Crippen LogP contribution in [0, 0.1) is 0 Å². The molecule has 0 saturated heterocycles. The number of nitrogens with one attached hydrogen (secondary N) is 1. The van der Waals surface area contributed by atoms with Crippen LogP contribution in [0.4, 0.5) is 0 Å². The first kappa shape index (κ1) is 19.0. The van der Waals surface area contributed by atoms with E-state index < -0.39 is 0 Å². The molecule has 4 aromatic rings. The molecule has 0 unspecified atom stereocenters. The van der Waals surface area contributed by atoms with Crippen molar-refractivity contribution in [2.45, 2.75) is 13.1 Å². The molecule has 0 spiro atoms. The fraction of sp³-hybridized carbons (Fsp3) is 0.0909. The molecule has 2 heterocycles. The first-order valence-electron chi connectivity index (χ1n) is 9.04. The number of pyridine rings is 1. The van der Waals surface area contributed by atoms with Gasteiger partial charge in [0.15, 0.2) is 0 Å². The number of halogens is 1. The van der Waals surface area contributed by atoms with Gasteiger partial charge in [-0.05, 0) is 45.8 Å². The SMILES string of the molecule is O=C(NCc1nn(Cc2cccnc2)c(=O)c2ccccc12)c1ccccc1Br. The molecule has 0 fully saturated rings. The number of benzene rings is 2. The number of carbonyl (C=O) groups is 1. The van der Waals surface area contributed by atoms with Crippen molar-refractivity contribution < 1.29 is 4.79 Å². The maximum atomic E-state index is 12.9. The van der Waals surface area contributed by atoms with E-state index in [0.29, 0.717) is 23.2 Å². The highest BCUT2D eigenvalue weighted by Crippen LogP contribution is 2.17. The van der Waals surface area contributed by atoms with E-state index in [9.17, 15) is 9.59 Å². The Bertz CT molecular complexity index is 1240. The Morgan fingerprint density at radius 1 is 1.00 bits per heavy atom. The van der Waals surface area contributed by atoms with Gasteiger partial charge in [0.2, 0.25) is 0 Å². The zero-order valence-corrected chi connectivity index (χ0v) is 17.0. The van der Waals surface area contributed by atoms with Crippen LogP contribution in [0.2, 0.25) is 0 Å². The van der Waals surface area contributed by atoms with Crippen molar-refractivity contribution in [1.82, 2.24) is 20.1 Å². The molecular weight excluding hydrogens is 432 g/mol. The van der Waals surface area contributed by atoms with Gasteiger partial charge in [0.05, 0.1) is 29.7 Å². The minimum atomic E-state index is -0.214. The van der Waals surface area contributed by atoms with Crippen LogP contribution in [0.15, 0.2) is 82.3 Å². The smallest absolute Gasteiger partial charge is 0.274 e. The summed E-state index contributed by atoms with van der Waals surface area (Å²) in [7, 11) is 0. The summed E-state index contributed by atoms with van der Waals surface area (Å²) in [6, 6.07) is 18.2. The van der Waals surface area contributed by atoms with Gasteiger partial charge in [0.25, 0.3) is 11.5 Å². The van der Waals surface area contributed by atoms with Gasteiger partial charge in [-0.15, -0.1) is 0 Å². The number of aromatic nitrogens is 3. The van der Waals surface area contributed by atoms with Crippen LogP contribution in [0.1, 0.15) is 21.6 Å². The molecule has 0 aliphatic carbocycles. The second kappa shape index (κ2) is 8.36. The van der Waals surface area contributed by atoms with E-state index in [1.165, 1.54) is 4.68 Å². The number of carbonyl (C=O) groups excluding carboxylic acids is 1. The normalized spacial score (nSPS) is 10.8. The maximum absolute atomic E-state index is 12.9. The second-order valence-corrected chi connectivity index (χ2v) is 7.33. The molecule has 2 aromatic carbocycles. The quantitative estimate of drug-likeness (QED) is 0.506. The van der Waals surface area contributed by atoms with Crippen LogP contribution in [-0.2, 0) is 13.1 Å². The third-order valence-corrected chi connectivity index (χ3v) is 5.23. The Labute approximate surface area is 175 Å². The zero-order valence-electron chi connectivity index (χ0n) is 15.4. The van der Waals surface area contributed by atoms with Gasteiger partial charge in [-0.3, -0.25) is 14.6 Å². The molecule has 2 aromatic heterocycles. The average Bonchev–Trinajstić information content (AvgIpc) is 2.76. The highest BCUT2D eigenvalue weighted by molar-refractivity contribution is 9.10. The number of hydrogen-bond donors (Lipinski definition) is 1. The Balaban J connectivity index is 1.68. The number of rotatable bonds is 5. The summed E-state index contributed by atoms with van der Waals surface area (Å²) in [5, 5.41) is 8.73. The van der Waals surface area contributed by atoms with E-state index in [2.05, 4.69) is 31.3 Å². The highest BCUT2D eigenvalue weighted by atomic mass is 79.9. The molecule has 0 aliphatic rings. The fourth-order valence-corrected chi connectivity index (χ4v) is 3.58. The lowest BCUT2D eigenvalue weighted by atomic mass is 10.1. The number of amides is 1. The summed E-state index contributed by atoms with van der Waals surface area (Å²) in [5.41, 5.74) is 1.87. The molecular formula is C22H17BrN4O2. The van der Waals surface area contributed by atoms with E-state index in [4.69, 9.17) is 0 Å². The standard InChI is InChI=1S/C22H17BrN4O2/c23-19-10-4-3-9-18(19)21(28)25-13-20-16-7-1-2-8-17(16)22(29)27(26-20)14-15-6-5-11-24-12-15/h1-12H,13-14H2,(H,25,28). The van der Waals surface area contributed by atoms with Gasteiger partial charge in [0.1, 0.15) is 0 Å². The van der Waals surface area contributed by atoms with Crippen LogP contribution in [0.3, 0.4) is 0 Å². The summed E-state index contributed by atoms with van der Waals surface area (Å²) in [6.07, 6.45) is 3.39. The van der Waals surface area contributed by atoms with Crippen molar-refractivity contribution in [1.29, 1.82) is 0 Å². The van der Waals surface area contributed by atoms with Crippen molar-refractivity contribution in [3.63, 3.8) is 0 Å². The van der Waals surface area contributed by atoms with Crippen LogP contribution >= 0.6 is 15.9 Å². The largest absolute Gasteiger partial charge is 0.346 e. The number of nitrogens with zero attached hydrogens (tertiary/aromatic N) is 3. The zero-order chi connectivity index (χ0) is 20.2. The van der Waals surface area contributed by atoms with Crippen LogP contribution < -0.4 is 10.9 Å². The predicted octanol–water partition coefficient (Wildman–Crippen LogP) is 3.53. The summed E-state index contributed by atoms with van der Waals surface area (Å²) in [4.78, 5) is 29.5. The van der Waals surface area contributed by atoms with Gasteiger partial charge in [0, 0.05) is 22.3 Å². The molecule has 6 nitrogen and oxygen atoms in total. The topological polar surface area (TPSA) is 76.9 Å². The number of fused-ring (bicyclic) bond motifs is 1. The van der Waals surface area contributed by atoms with Crippen LogP contribution in [0.25, 0.3) is 10.8 Å². The molecule has 7 heteroatoms. The van der Waals surface area contributed by atoms with E-state index in [1.54, 1.807) is 30.6 Å². The molecule has 0 aliphatic heterocycles. The van der Waals surface area contributed by atoms with Crippen molar-refractivity contribution in [3.8, 4) is 0 Å².